The van der Waals surface area contributed by atoms with Crippen molar-refractivity contribution in [3.05, 3.63) is 76.9 Å². The quantitative estimate of drug-likeness (QED) is 0.445. The maximum atomic E-state index is 12.7. The van der Waals surface area contributed by atoms with Crippen LogP contribution < -0.4 is 16.4 Å². The van der Waals surface area contributed by atoms with Gasteiger partial charge < -0.3 is 20.8 Å². The van der Waals surface area contributed by atoms with E-state index in [4.69, 9.17) is 21.8 Å². The molecule has 1 amide bonds. The minimum Gasteiger partial charge on any atom is -0.451 e. The van der Waals surface area contributed by atoms with Crippen molar-refractivity contribution < 1.29 is 9.21 Å². The highest BCUT2D eigenvalue weighted by molar-refractivity contribution is 6.31. The average molecular weight is 408 g/mol. The zero-order valence-electron chi connectivity index (χ0n) is 15.6. The summed E-state index contributed by atoms with van der Waals surface area (Å²) in [4.78, 5) is 21.1. The van der Waals surface area contributed by atoms with Crippen molar-refractivity contribution in [1.29, 1.82) is 0 Å². The van der Waals surface area contributed by atoms with Gasteiger partial charge in [0.05, 0.1) is 17.9 Å². The minimum atomic E-state index is -0.337. The van der Waals surface area contributed by atoms with Crippen molar-refractivity contribution in [3.63, 3.8) is 0 Å². The molecule has 0 saturated heterocycles. The highest BCUT2D eigenvalue weighted by Gasteiger charge is 2.18. The molecule has 3 aromatic heterocycles. The number of anilines is 3. The Morgan fingerprint density at radius 2 is 2.03 bits per heavy atom. The lowest BCUT2D eigenvalue weighted by molar-refractivity contribution is 0.0998. The molecule has 0 aliphatic heterocycles. The first-order valence-corrected chi connectivity index (χ1v) is 9.28. The van der Waals surface area contributed by atoms with Gasteiger partial charge in [-0.2, -0.15) is 0 Å². The Morgan fingerprint density at radius 1 is 1.17 bits per heavy atom. The molecular weight excluding hydrogens is 390 g/mol. The van der Waals surface area contributed by atoms with E-state index in [-0.39, 0.29) is 11.7 Å². The van der Waals surface area contributed by atoms with Crippen molar-refractivity contribution in [2.24, 2.45) is 0 Å². The number of aromatic nitrogens is 2. The van der Waals surface area contributed by atoms with Gasteiger partial charge in [0, 0.05) is 34.1 Å². The van der Waals surface area contributed by atoms with Crippen LogP contribution in [0.15, 0.2) is 59.3 Å². The molecule has 0 radical (unpaired) electrons. The highest BCUT2D eigenvalue weighted by atomic mass is 35.5. The maximum absolute atomic E-state index is 12.7. The van der Waals surface area contributed by atoms with Crippen LogP contribution in [-0.2, 0) is 6.54 Å². The number of rotatable bonds is 5. The third-order valence-corrected chi connectivity index (χ3v) is 4.71. The van der Waals surface area contributed by atoms with Gasteiger partial charge in [-0.05, 0) is 49.4 Å². The van der Waals surface area contributed by atoms with Gasteiger partial charge in [0.25, 0.3) is 5.91 Å². The van der Waals surface area contributed by atoms with E-state index in [0.29, 0.717) is 28.7 Å². The number of nitrogens with two attached hydrogens (primary N) is 1. The number of nitrogens with zero attached hydrogens (tertiary/aromatic N) is 2. The first kappa shape index (κ1) is 18.8. The van der Waals surface area contributed by atoms with Gasteiger partial charge in [0.1, 0.15) is 11.4 Å². The number of amides is 1. The van der Waals surface area contributed by atoms with Crippen LogP contribution in [0.1, 0.15) is 21.8 Å². The summed E-state index contributed by atoms with van der Waals surface area (Å²) in [5, 5.41) is 7.44. The molecule has 3 heterocycles. The van der Waals surface area contributed by atoms with Gasteiger partial charge in [-0.1, -0.05) is 11.6 Å². The number of nitrogens with one attached hydrogen (secondary N) is 2. The van der Waals surface area contributed by atoms with Gasteiger partial charge in [0.15, 0.2) is 5.76 Å². The molecule has 4 rings (SSSR count). The Bertz CT molecular complexity index is 1200. The van der Waals surface area contributed by atoms with Crippen LogP contribution in [0.25, 0.3) is 11.0 Å². The second kappa shape index (κ2) is 7.81. The first-order valence-electron chi connectivity index (χ1n) is 8.90. The molecule has 8 heteroatoms. The summed E-state index contributed by atoms with van der Waals surface area (Å²) in [5.74, 6) is 0.329. The number of hydrogen-bond donors (Lipinski definition) is 3. The molecule has 0 unspecified atom stereocenters. The summed E-state index contributed by atoms with van der Waals surface area (Å²) < 4.78 is 5.72. The van der Waals surface area contributed by atoms with Crippen LogP contribution in [-0.4, -0.2) is 15.9 Å². The SMILES string of the molecule is Cc1c(C(=O)Nc2ccnc(CNc3cccnc3N)c2)oc2ccc(Cl)cc12. The predicted octanol–water partition coefficient (Wildman–Crippen LogP) is 4.63. The number of aryl methyl sites for hydroxylation is 1. The van der Waals surface area contributed by atoms with Crippen LogP contribution in [0, 0.1) is 6.92 Å². The second-order valence-electron chi connectivity index (χ2n) is 6.48. The molecule has 146 valence electrons. The molecule has 0 aliphatic rings. The summed E-state index contributed by atoms with van der Waals surface area (Å²) >= 11 is 6.04. The maximum Gasteiger partial charge on any atom is 0.291 e. The molecule has 0 atom stereocenters. The number of pyridine rings is 2. The van der Waals surface area contributed by atoms with Gasteiger partial charge in [-0.25, -0.2) is 4.98 Å². The Balaban J connectivity index is 1.50. The molecule has 4 aromatic rings. The zero-order valence-corrected chi connectivity index (χ0v) is 16.3. The lowest BCUT2D eigenvalue weighted by Crippen LogP contribution is -2.13. The Kier molecular flexibility index (Phi) is 5.05. The fourth-order valence-corrected chi connectivity index (χ4v) is 3.18. The smallest absolute Gasteiger partial charge is 0.291 e. The van der Waals surface area contributed by atoms with Crippen molar-refractivity contribution in [3.8, 4) is 0 Å². The van der Waals surface area contributed by atoms with Crippen molar-refractivity contribution in [2.75, 3.05) is 16.4 Å². The molecule has 0 fully saturated rings. The standard InChI is InChI=1S/C21H18ClN5O2/c1-12-16-9-13(22)4-5-18(16)29-19(12)21(28)27-14-6-8-24-15(10-14)11-26-17-3-2-7-25-20(17)23/h2-10,26H,11H2,1H3,(H2,23,25)(H,24,27,28). The van der Waals surface area contributed by atoms with Crippen LogP contribution in [0.4, 0.5) is 17.2 Å². The second-order valence-corrected chi connectivity index (χ2v) is 6.91. The van der Waals surface area contributed by atoms with E-state index >= 15 is 0 Å². The number of halogens is 1. The molecule has 29 heavy (non-hydrogen) atoms. The molecule has 0 aliphatic carbocycles. The molecule has 0 bridgehead atoms. The first-order chi connectivity index (χ1) is 14.0. The minimum absolute atomic E-state index is 0.252. The largest absolute Gasteiger partial charge is 0.451 e. The van der Waals surface area contributed by atoms with Crippen molar-refractivity contribution >= 4 is 45.7 Å². The summed E-state index contributed by atoms with van der Waals surface area (Å²) in [6.45, 7) is 2.26. The summed E-state index contributed by atoms with van der Waals surface area (Å²) in [6.07, 6.45) is 3.26. The summed E-state index contributed by atoms with van der Waals surface area (Å²) in [7, 11) is 0. The van der Waals surface area contributed by atoms with E-state index in [1.54, 1.807) is 48.8 Å². The van der Waals surface area contributed by atoms with Gasteiger partial charge in [-0.3, -0.25) is 9.78 Å². The number of carbonyl (C=O) groups is 1. The van der Waals surface area contributed by atoms with Crippen molar-refractivity contribution in [2.45, 2.75) is 13.5 Å². The average Bonchev–Trinajstić information content (AvgIpc) is 3.04. The fourth-order valence-electron chi connectivity index (χ4n) is 3.00. The van der Waals surface area contributed by atoms with Crippen LogP contribution in [0.3, 0.4) is 0 Å². The van der Waals surface area contributed by atoms with Crippen molar-refractivity contribution in [1.82, 2.24) is 9.97 Å². The molecule has 0 spiro atoms. The number of nitrogen functional groups attached to an aromatic ring is 1. The van der Waals surface area contributed by atoms with E-state index in [2.05, 4.69) is 20.6 Å². The summed E-state index contributed by atoms with van der Waals surface area (Å²) in [6, 6.07) is 12.4. The Hall–Kier alpha value is -3.58. The topological polar surface area (TPSA) is 106 Å². The van der Waals surface area contributed by atoms with Gasteiger partial charge >= 0.3 is 0 Å². The predicted molar refractivity (Wildman–Crippen MR) is 114 cm³/mol. The number of fused-ring (bicyclic) bond motifs is 1. The fraction of sp³-hybridized carbons (Fsp3) is 0.0952. The summed E-state index contributed by atoms with van der Waals surface area (Å²) in [5.41, 5.74) is 9.25. The van der Waals surface area contributed by atoms with E-state index in [9.17, 15) is 4.79 Å². The van der Waals surface area contributed by atoms with Gasteiger partial charge in [-0.15, -0.1) is 0 Å². The molecule has 7 nitrogen and oxygen atoms in total. The van der Waals surface area contributed by atoms with E-state index in [0.717, 1.165) is 22.3 Å². The zero-order chi connectivity index (χ0) is 20.4. The van der Waals surface area contributed by atoms with Gasteiger partial charge in [0.2, 0.25) is 0 Å². The monoisotopic (exact) mass is 407 g/mol. The Morgan fingerprint density at radius 3 is 2.86 bits per heavy atom. The molecular formula is C21H18ClN5O2. The Labute approximate surface area is 171 Å². The van der Waals surface area contributed by atoms with E-state index in [1.807, 2.05) is 13.0 Å². The highest BCUT2D eigenvalue weighted by Crippen LogP contribution is 2.28. The normalized spacial score (nSPS) is 10.8. The number of hydrogen-bond acceptors (Lipinski definition) is 6. The molecule has 1 aromatic carbocycles. The van der Waals surface area contributed by atoms with Crippen LogP contribution >= 0.6 is 11.6 Å². The third kappa shape index (κ3) is 4.00. The molecule has 0 saturated carbocycles. The van der Waals surface area contributed by atoms with Crippen LogP contribution in [0.5, 0.6) is 0 Å². The number of furan rings is 1. The molecule has 4 N–H and O–H groups in total. The van der Waals surface area contributed by atoms with E-state index < -0.39 is 0 Å². The number of carbonyl (C=O) groups excluding carboxylic acids is 1. The third-order valence-electron chi connectivity index (χ3n) is 4.48. The number of benzene rings is 1. The lowest BCUT2D eigenvalue weighted by Gasteiger charge is -2.09. The van der Waals surface area contributed by atoms with Crippen LogP contribution in [0.2, 0.25) is 5.02 Å². The van der Waals surface area contributed by atoms with E-state index in [1.165, 1.54) is 0 Å². The lowest BCUT2D eigenvalue weighted by atomic mass is 10.1.